The molecular weight excluding hydrogens is 318 g/mol. The molecule has 2 rings (SSSR count). The summed E-state index contributed by atoms with van der Waals surface area (Å²) in [5.74, 6) is 0.874. The number of hydrogen-bond acceptors (Lipinski definition) is 5. The van der Waals surface area contributed by atoms with Crippen molar-refractivity contribution in [3.63, 3.8) is 0 Å². The first-order valence-electron chi connectivity index (χ1n) is 9.09. The van der Waals surface area contributed by atoms with Crippen LogP contribution in [0.3, 0.4) is 0 Å². The molecule has 1 saturated heterocycles. The van der Waals surface area contributed by atoms with Crippen LogP contribution in [0.15, 0.2) is 24.3 Å². The van der Waals surface area contributed by atoms with Gasteiger partial charge in [0.25, 0.3) is 0 Å². The SMILES string of the molecule is COCCNCC(=O)NCC(c1ccc(OC)cc1)N1CCCCC1. The fourth-order valence-electron chi connectivity index (χ4n) is 3.16. The number of carbonyl (C=O) groups excluding carboxylic acids is 1. The van der Waals surface area contributed by atoms with Gasteiger partial charge in [-0.3, -0.25) is 9.69 Å². The van der Waals surface area contributed by atoms with Crippen LogP contribution in [-0.2, 0) is 9.53 Å². The third-order valence-electron chi connectivity index (χ3n) is 4.59. The molecule has 0 aromatic heterocycles. The maximum atomic E-state index is 12.1. The van der Waals surface area contributed by atoms with Gasteiger partial charge in [-0.05, 0) is 43.6 Å². The minimum atomic E-state index is 0.0200. The summed E-state index contributed by atoms with van der Waals surface area (Å²) in [7, 11) is 3.33. The molecular formula is C19H31N3O3. The van der Waals surface area contributed by atoms with Crippen LogP contribution < -0.4 is 15.4 Å². The Balaban J connectivity index is 1.93. The van der Waals surface area contributed by atoms with Gasteiger partial charge >= 0.3 is 0 Å². The van der Waals surface area contributed by atoms with Crippen LogP contribution in [0.25, 0.3) is 0 Å². The van der Waals surface area contributed by atoms with E-state index < -0.39 is 0 Å². The van der Waals surface area contributed by atoms with Crippen LogP contribution in [0, 0.1) is 0 Å². The van der Waals surface area contributed by atoms with E-state index in [1.54, 1.807) is 14.2 Å². The Morgan fingerprint density at radius 2 is 1.88 bits per heavy atom. The zero-order chi connectivity index (χ0) is 17.9. The van der Waals surface area contributed by atoms with Gasteiger partial charge in [-0.25, -0.2) is 0 Å². The van der Waals surface area contributed by atoms with Crippen molar-refractivity contribution in [3.05, 3.63) is 29.8 Å². The molecule has 6 heteroatoms. The first-order valence-corrected chi connectivity index (χ1v) is 9.09. The molecule has 1 aliphatic heterocycles. The number of nitrogens with zero attached hydrogens (tertiary/aromatic N) is 1. The molecule has 25 heavy (non-hydrogen) atoms. The third-order valence-corrected chi connectivity index (χ3v) is 4.59. The summed E-state index contributed by atoms with van der Waals surface area (Å²) < 4.78 is 10.2. The molecule has 1 aliphatic rings. The summed E-state index contributed by atoms with van der Waals surface area (Å²) in [6.45, 7) is 4.39. The fraction of sp³-hybridized carbons (Fsp3) is 0.632. The van der Waals surface area contributed by atoms with Gasteiger partial charge in [0.2, 0.25) is 5.91 Å². The van der Waals surface area contributed by atoms with Crippen molar-refractivity contribution in [2.24, 2.45) is 0 Å². The molecule has 1 unspecified atom stereocenters. The van der Waals surface area contributed by atoms with Gasteiger partial charge in [0.1, 0.15) is 5.75 Å². The van der Waals surface area contributed by atoms with E-state index in [0.717, 1.165) is 18.8 Å². The maximum Gasteiger partial charge on any atom is 0.234 e. The largest absolute Gasteiger partial charge is 0.497 e. The van der Waals surface area contributed by atoms with Crippen molar-refractivity contribution < 1.29 is 14.3 Å². The van der Waals surface area contributed by atoms with Crippen molar-refractivity contribution in [2.75, 3.05) is 53.6 Å². The normalized spacial score (nSPS) is 16.4. The van der Waals surface area contributed by atoms with Gasteiger partial charge in [0, 0.05) is 20.2 Å². The molecule has 1 atom stereocenters. The number of carbonyl (C=O) groups is 1. The standard InChI is InChI=1S/C19H31N3O3/c1-24-13-10-20-15-19(23)21-14-18(22-11-4-3-5-12-22)16-6-8-17(25-2)9-7-16/h6-9,18,20H,3-5,10-15H2,1-2H3,(H,21,23). The molecule has 0 bridgehead atoms. The van der Waals surface area contributed by atoms with Crippen molar-refractivity contribution in [1.82, 2.24) is 15.5 Å². The van der Waals surface area contributed by atoms with Crippen molar-refractivity contribution in [2.45, 2.75) is 25.3 Å². The molecule has 2 N–H and O–H groups in total. The lowest BCUT2D eigenvalue weighted by Crippen LogP contribution is -2.43. The highest BCUT2D eigenvalue weighted by Gasteiger charge is 2.22. The number of ether oxygens (including phenoxy) is 2. The first-order chi connectivity index (χ1) is 12.2. The molecule has 0 radical (unpaired) electrons. The molecule has 1 aromatic rings. The summed E-state index contributed by atoms with van der Waals surface area (Å²) in [5, 5.41) is 6.15. The molecule has 1 amide bonds. The second kappa shape index (κ2) is 11.1. The number of benzene rings is 1. The average molecular weight is 349 g/mol. The van der Waals surface area contributed by atoms with E-state index >= 15 is 0 Å². The quantitative estimate of drug-likeness (QED) is 0.628. The van der Waals surface area contributed by atoms with E-state index in [1.807, 2.05) is 12.1 Å². The molecule has 1 heterocycles. The van der Waals surface area contributed by atoms with Crippen LogP contribution in [0.5, 0.6) is 5.75 Å². The summed E-state index contributed by atoms with van der Waals surface area (Å²) in [5.41, 5.74) is 1.22. The van der Waals surface area contributed by atoms with E-state index in [0.29, 0.717) is 26.2 Å². The highest BCUT2D eigenvalue weighted by atomic mass is 16.5. The Morgan fingerprint density at radius 3 is 2.52 bits per heavy atom. The zero-order valence-corrected chi connectivity index (χ0v) is 15.4. The topological polar surface area (TPSA) is 62.8 Å². The Kier molecular flexibility index (Phi) is 8.72. The molecule has 1 fully saturated rings. The van der Waals surface area contributed by atoms with Gasteiger partial charge in [-0.15, -0.1) is 0 Å². The maximum absolute atomic E-state index is 12.1. The first kappa shape index (κ1) is 19.7. The van der Waals surface area contributed by atoms with Crippen molar-refractivity contribution in [3.8, 4) is 5.75 Å². The van der Waals surface area contributed by atoms with Crippen molar-refractivity contribution >= 4 is 5.91 Å². The van der Waals surface area contributed by atoms with Crippen LogP contribution >= 0.6 is 0 Å². The van der Waals surface area contributed by atoms with Crippen LogP contribution in [-0.4, -0.2) is 64.4 Å². The lowest BCUT2D eigenvalue weighted by atomic mass is 10.0. The van der Waals surface area contributed by atoms with Gasteiger partial charge < -0.3 is 20.1 Å². The Hall–Kier alpha value is -1.63. The summed E-state index contributed by atoms with van der Waals surface area (Å²) in [6.07, 6.45) is 3.74. The van der Waals surface area contributed by atoms with Crippen LogP contribution in [0.1, 0.15) is 30.9 Å². The fourth-order valence-corrected chi connectivity index (χ4v) is 3.16. The van der Waals surface area contributed by atoms with E-state index in [4.69, 9.17) is 9.47 Å². The van der Waals surface area contributed by atoms with Crippen LogP contribution in [0.4, 0.5) is 0 Å². The van der Waals surface area contributed by atoms with E-state index in [1.165, 1.54) is 24.8 Å². The molecule has 1 aromatic carbocycles. The molecule has 0 saturated carbocycles. The highest BCUT2D eigenvalue weighted by molar-refractivity contribution is 5.78. The number of amides is 1. The van der Waals surface area contributed by atoms with Crippen molar-refractivity contribution in [1.29, 1.82) is 0 Å². The number of methoxy groups -OCH3 is 2. The zero-order valence-electron chi connectivity index (χ0n) is 15.4. The van der Waals surface area contributed by atoms with E-state index in [2.05, 4.69) is 27.7 Å². The highest BCUT2D eigenvalue weighted by Crippen LogP contribution is 2.25. The summed E-state index contributed by atoms with van der Waals surface area (Å²) in [4.78, 5) is 14.5. The minimum absolute atomic E-state index is 0.0200. The van der Waals surface area contributed by atoms with Gasteiger partial charge in [0.15, 0.2) is 0 Å². The summed E-state index contributed by atoms with van der Waals surface area (Å²) >= 11 is 0. The molecule has 140 valence electrons. The second-order valence-electron chi connectivity index (χ2n) is 6.36. The number of hydrogen-bond donors (Lipinski definition) is 2. The molecule has 6 nitrogen and oxygen atoms in total. The smallest absolute Gasteiger partial charge is 0.234 e. The van der Waals surface area contributed by atoms with Crippen LogP contribution in [0.2, 0.25) is 0 Å². The van der Waals surface area contributed by atoms with E-state index in [-0.39, 0.29) is 11.9 Å². The second-order valence-corrected chi connectivity index (χ2v) is 6.36. The predicted octanol–water partition coefficient (Wildman–Crippen LogP) is 1.57. The average Bonchev–Trinajstić information content (AvgIpc) is 2.67. The Morgan fingerprint density at radius 1 is 1.16 bits per heavy atom. The summed E-state index contributed by atoms with van der Waals surface area (Å²) in [6, 6.07) is 8.37. The number of likely N-dealkylation sites (tertiary alicyclic amines) is 1. The number of piperidine rings is 1. The minimum Gasteiger partial charge on any atom is -0.497 e. The molecule has 0 spiro atoms. The van der Waals surface area contributed by atoms with Gasteiger partial charge in [-0.2, -0.15) is 0 Å². The van der Waals surface area contributed by atoms with E-state index in [9.17, 15) is 4.79 Å². The van der Waals surface area contributed by atoms with Gasteiger partial charge in [0.05, 0.1) is 26.3 Å². The predicted molar refractivity (Wildman–Crippen MR) is 98.9 cm³/mol. The Bertz CT molecular complexity index is 501. The number of rotatable bonds is 10. The Labute approximate surface area is 150 Å². The molecule has 0 aliphatic carbocycles. The lowest BCUT2D eigenvalue weighted by molar-refractivity contribution is -0.120. The lowest BCUT2D eigenvalue weighted by Gasteiger charge is -2.35. The third kappa shape index (κ3) is 6.65. The monoisotopic (exact) mass is 349 g/mol. The van der Waals surface area contributed by atoms with Gasteiger partial charge in [-0.1, -0.05) is 18.6 Å². The number of nitrogens with one attached hydrogen (secondary N) is 2.